The first-order valence-corrected chi connectivity index (χ1v) is 6.29. The molecule has 0 radical (unpaired) electrons. The van der Waals surface area contributed by atoms with E-state index in [-0.39, 0.29) is 11.1 Å². The summed E-state index contributed by atoms with van der Waals surface area (Å²) in [5.41, 5.74) is 1.21. The second kappa shape index (κ2) is 5.76. The lowest BCUT2D eigenvalue weighted by Crippen LogP contribution is -2.46. The maximum atomic E-state index is 12.4. The van der Waals surface area contributed by atoms with Crippen LogP contribution in [0.1, 0.15) is 37.3 Å². The lowest BCUT2D eigenvalue weighted by Gasteiger charge is -2.34. The van der Waals surface area contributed by atoms with E-state index in [1.807, 2.05) is 0 Å². The van der Waals surface area contributed by atoms with E-state index in [0.29, 0.717) is 6.54 Å². The van der Waals surface area contributed by atoms with Crippen molar-refractivity contribution in [2.45, 2.75) is 38.3 Å². The molecule has 18 heavy (non-hydrogen) atoms. The molecule has 4 heteroatoms. The standard InChI is InChI=1S/C14H19F2NO/c1-14(6-8-18-9-7-14)17-10-11-2-4-12(5-3-11)13(15)16/h2-5,13,17H,6-10H2,1H3. The van der Waals surface area contributed by atoms with E-state index in [9.17, 15) is 8.78 Å². The van der Waals surface area contributed by atoms with Crippen LogP contribution in [0.2, 0.25) is 0 Å². The van der Waals surface area contributed by atoms with Crippen molar-refractivity contribution in [2.24, 2.45) is 0 Å². The van der Waals surface area contributed by atoms with E-state index in [1.165, 1.54) is 12.1 Å². The zero-order valence-corrected chi connectivity index (χ0v) is 10.6. The van der Waals surface area contributed by atoms with Crippen LogP contribution in [0.3, 0.4) is 0 Å². The van der Waals surface area contributed by atoms with Gasteiger partial charge in [0.2, 0.25) is 0 Å². The average molecular weight is 255 g/mol. The zero-order valence-electron chi connectivity index (χ0n) is 10.6. The molecule has 1 fully saturated rings. The summed E-state index contributed by atoms with van der Waals surface area (Å²) in [5, 5.41) is 3.50. The number of hydrogen-bond acceptors (Lipinski definition) is 2. The molecule has 2 nitrogen and oxygen atoms in total. The Morgan fingerprint density at radius 2 is 1.83 bits per heavy atom. The fourth-order valence-electron chi connectivity index (χ4n) is 2.10. The molecule has 0 bridgehead atoms. The van der Waals surface area contributed by atoms with Crippen molar-refractivity contribution in [1.29, 1.82) is 0 Å². The minimum absolute atomic E-state index is 0.0797. The first-order valence-electron chi connectivity index (χ1n) is 6.29. The van der Waals surface area contributed by atoms with Gasteiger partial charge in [-0.05, 0) is 25.3 Å². The Morgan fingerprint density at radius 1 is 1.22 bits per heavy atom. The van der Waals surface area contributed by atoms with Gasteiger partial charge in [-0.15, -0.1) is 0 Å². The molecular formula is C14H19F2NO. The van der Waals surface area contributed by atoms with Gasteiger partial charge in [0, 0.05) is 30.9 Å². The van der Waals surface area contributed by atoms with Crippen molar-refractivity contribution in [3.05, 3.63) is 35.4 Å². The normalized spacial score (nSPS) is 19.1. The molecule has 1 saturated heterocycles. The lowest BCUT2D eigenvalue weighted by molar-refractivity contribution is 0.0446. The third-order valence-electron chi connectivity index (χ3n) is 3.55. The molecule has 0 aliphatic carbocycles. The molecule has 100 valence electrons. The summed E-state index contributed by atoms with van der Waals surface area (Å²) in [7, 11) is 0. The minimum Gasteiger partial charge on any atom is -0.381 e. The number of benzene rings is 1. The van der Waals surface area contributed by atoms with Crippen molar-refractivity contribution in [3.8, 4) is 0 Å². The summed E-state index contributed by atoms with van der Waals surface area (Å²) in [6.07, 6.45) is -0.412. The Bertz CT molecular complexity index is 372. The molecule has 1 aliphatic heterocycles. The summed E-state index contributed by atoms with van der Waals surface area (Å²) in [5.74, 6) is 0. The molecular weight excluding hydrogens is 236 g/mol. The van der Waals surface area contributed by atoms with Crippen LogP contribution in [-0.4, -0.2) is 18.8 Å². The van der Waals surface area contributed by atoms with Crippen LogP contribution in [0.4, 0.5) is 8.78 Å². The van der Waals surface area contributed by atoms with Crippen LogP contribution in [0.25, 0.3) is 0 Å². The molecule has 1 N–H and O–H groups in total. The lowest BCUT2D eigenvalue weighted by atomic mass is 9.92. The van der Waals surface area contributed by atoms with Gasteiger partial charge in [0.25, 0.3) is 6.43 Å². The summed E-state index contributed by atoms with van der Waals surface area (Å²) in [4.78, 5) is 0. The maximum Gasteiger partial charge on any atom is 0.263 e. The van der Waals surface area contributed by atoms with Crippen LogP contribution in [0.5, 0.6) is 0 Å². The number of nitrogens with one attached hydrogen (secondary N) is 1. The maximum absolute atomic E-state index is 12.4. The molecule has 2 rings (SSSR count). The first kappa shape index (κ1) is 13.4. The largest absolute Gasteiger partial charge is 0.381 e. The van der Waals surface area contributed by atoms with Gasteiger partial charge in [-0.1, -0.05) is 24.3 Å². The van der Waals surface area contributed by atoms with Gasteiger partial charge in [-0.3, -0.25) is 0 Å². The molecule has 0 saturated carbocycles. The summed E-state index contributed by atoms with van der Waals surface area (Å²) in [6.45, 7) is 4.46. The number of halogens is 2. The Labute approximate surface area is 106 Å². The number of rotatable bonds is 4. The zero-order chi connectivity index (χ0) is 13.0. The monoisotopic (exact) mass is 255 g/mol. The predicted molar refractivity (Wildman–Crippen MR) is 66.7 cm³/mol. The van der Waals surface area contributed by atoms with E-state index in [2.05, 4.69) is 12.2 Å². The highest BCUT2D eigenvalue weighted by molar-refractivity contribution is 5.23. The molecule has 0 unspecified atom stereocenters. The summed E-state index contributed by atoms with van der Waals surface area (Å²) < 4.78 is 30.1. The summed E-state index contributed by atoms with van der Waals surface area (Å²) in [6, 6.07) is 6.51. The van der Waals surface area contributed by atoms with Crippen LogP contribution >= 0.6 is 0 Å². The van der Waals surface area contributed by atoms with Gasteiger partial charge in [0.05, 0.1) is 0 Å². The quantitative estimate of drug-likeness (QED) is 0.891. The SMILES string of the molecule is CC1(NCc2ccc(C(F)F)cc2)CCOCC1. The second-order valence-electron chi connectivity index (χ2n) is 5.07. The Balaban J connectivity index is 1.89. The highest BCUT2D eigenvalue weighted by Crippen LogP contribution is 2.21. The fraction of sp³-hybridized carbons (Fsp3) is 0.571. The Kier molecular flexibility index (Phi) is 4.30. The summed E-state index contributed by atoms with van der Waals surface area (Å²) >= 11 is 0. The molecule has 0 amide bonds. The van der Waals surface area contributed by atoms with Gasteiger partial charge >= 0.3 is 0 Å². The fourth-order valence-corrected chi connectivity index (χ4v) is 2.10. The molecule has 1 aromatic rings. The Hall–Kier alpha value is -1.00. The molecule has 1 heterocycles. The van der Waals surface area contributed by atoms with Gasteiger partial charge in [-0.2, -0.15) is 0 Å². The molecule has 0 spiro atoms. The van der Waals surface area contributed by atoms with Crippen molar-refractivity contribution < 1.29 is 13.5 Å². The molecule has 0 aromatic heterocycles. The van der Waals surface area contributed by atoms with Gasteiger partial charge < -0.3 is 10.1 Å². The Morgan fingerprint density at radius 3 is 2.39 bits per heavy atom. The van der Waals surface area contributed by atoms with E-state index >= 15 is 0 Å². The third kappa shape index (κ3) is 3.50. The van der Waals surface area contributed by atoms with Gasteiger partial charge in [0.1, 0.15) is 0 Å². The van der Waals surface area contributed by atoms with Crippen molar-refractivity contribution in [1.82, 2.24) is 5.32 Å². The number of alkyl halides is 2. The van der Waals surface area contributed by atoms with Crippen molar-refractivity contribution >= 4 is 0 Å². The predicted octanol–water partition coefficient (Wildman–Crippen LogP) is 3.28. The van der Waals surface area contributed by atoms with Crippen LogP contribution in [-0.2, 0) is 11.3 Å². The minimum atomic E-state index is -2.39. The first-order chi connectivity index (χ1) is 8.59. The van der Waals surface area contributed by atoms with Crippen LogP contribution < -0.4 is 5.32 Å². The molecule has 0 atom stereocenters. The van der Waals surface area contributed by atoms with E-state index < -0.39 is 6.43 Å². The number of hydrogen-bond donors (Lipinski definition) is 1. The number of ether oxygens (including phenoxy) is 1. The van der Waals surface area contributed by atoms with Gasteiger partial charge in [-0.25, -0.2) is 8.78 Å². The van der Waals surface area contributed by atoms with Crippen molar-refractivity contribution in [2.75, 3.05) is 13.2 Å². The van der Waals surface area contributed by atoms with Gasteiger partial charge in [0.15, 0.2) is 0 Å². The molecule has 1 aliphatic rings. The van der Waals surface area contributed by atoms with Crippen LogP contribution in [0, 0.1) is 0 Å². The topological polar surface area (TPSA) is 21.3 Å². The second-order valence-corrected chi connectivity index (χ2v) is 5.07. The smallest absolute Gasteiger partial charge is 0.263 e. The van der Waals surface area contributed by atoms with Crippen molar-refractivity contribution in [3.63, 3.8) is 0 Å². The van der Waals surface area contributed by atoms with E-state index in [0.717, 1.165) is 31.6 Å². The van der Waals surface area contributed by atoms with Crippen LogP contribution in [0.15, 0.2) is 24.3 Å². The highest BCUT2D eigenvalue weighted by Gasteiger charge is 2.26. The average Bonchev–Trinajstić information content (AvgIpc) is 2.38. The highest BCUT2D eigenvalue weighted by atomic mass is 19.3. The third-order valence-corrected chi connectivity index (χ3v) is 3.55. The molecule has 1 aromatic carbocycles. The van der Waals surface area contributed by atoms with E-state index in [4.69, 9.17) is 4.74 Å². The van der Waals surface area contributed by atoms with E-state index in [1.54, 1.807) is 12.1 Å².